The number of carbonyl (C=O) groups is 3. The number of hydrogen-bond donors (Lipinski definition) is 1. The lowest BCUT2D eigenvalue weighted by molar-refractivity contribution is -0.175. The number of carbonyl (C=O) groups excluding carboxylic acids is 3. The maximum Gasteiger partial charge on any atom is 0.363 e. The number of imide groups is 1. The highest BCUT2D eigenvalue weighted by molar-refractivity contribution is 14.1. The Morgan fingerprint density at radius 3 is 2.44 bits per heavy atom. The number of nitrogens with zero attached hydrogens (tertiary/aromatic N) is 1. The van der Waals surface area contributed by atoms with Gasteiger partial charge in [-0.05, 0) is 46.9 Å². The van der Waals surface area contributed by atoms with E-state index in [9.17, 15) is 14.4 Å². The van der Waals surface area contributed by atoms with E-state index in [1.165, 1.54) is 12.1 Å². The van der Waals surface area contributed by atoms with Crippen LogP contribution in [0.25, 0.3) is 0 Å². The Balaban J connectivity index is 2.10. The number of halogens is 1. The highest BCUT2D eigenvalue weighted by Gasteiger charge is 2.40. The highest BCUT2D eigenvalue weighted by Crippen LogP contribution is 2.15. The van der Waals surface area contributed by atoms with E-state index in [1.807, 2.05) is 0 Å². The van der Waals surface area contributed by atoms with Gasteiger partial charge in [-0.25, -0.2) is 4.79 Å². The number of aliphatic hydroxyl groups is 1. The Morgan fingerprint density at radius 1 is 1.33 bits per heavy atom. The van der Waals surface area contributed by atoms with Gasteiger partial charge in [0.15, 0.2) is 0 Å². The monoisotopic (exact) mass is 361 g/mol. The van der Waals surface area contributed by atoms with Crippen LogP contribution in [-0.4, -0.2) is 34.1 Å². The van der Waals surface area contributed by atoms with Crippen LogP contribution < -0.4 is 0 Å². The number of rotatable bonds is 2. The summed E-state index contributed by atoms with van der Waals surface area (Å²) in [5.74, 6) is -2.47. The smallest absolute Gasteiger partial charge is 0.363 e. The zero-order valence-corrected chi connectivity index (χ0v) is 11.2. The van der Waals surface area contributed by atoms with Gasteiger partial charge in [0, 0.05) is 3.57 Å². The minimum Gasteiger partial charge on any atom is -0.383 e. The molecule has 0 aliphatic carbocycles. The van der Waals surface area contributed by atoms with Crippen LogP contribution in [0.5, 0.6) is 0 Å². The van der Waals surface area contributed by atoms with Gasteiger partial charge in [0.2, 0.25) is 0 Å². The first kappa shape index (κ1) is 13.0. The predicted molar refractivity (Wildman–Crippen MR) is 67.1 cm³/mol. The van der Waals surface area contributed by atoms with Crippen LogP contribution in [0, 0.1) is 3.57 Å². The molecule has 1 aliphatic heterocycles. The Morgan fingerprint density at radius 2 is 1.94 bits per heavy atom. The molecule has 2 rings (SSSR count). The third-order valence-corrected chi connectivity index (χ3v) is 3.05. The largest absolute Gasteiger partial charge is 0.383 e. The van der Waals surface area contributed by atoms with E-state index < -0.39 is 23.9 Å². The van der Waals surface area contributed by atoms with Crippen molar-refractivity contribution in [3.05, 3.63) is 33.4 Å². The molecule has 6 nitrogen and oxygen atoms in total. The molecule has 1 aromatic carbocycles. The summed E-state index contributed by atoms with van der Waals surface area (Å²) in [6.45, 7) is 0. The zero-order chi connectivity index (χ0) is 13.3. The van der Waals surface area contributed by atoms with E-state index in [4.69, 9.17) is 5.11 Å². The summed E-state index contributed by atoms with van der Waals surface area (Å²) in [4.78, 5) is 38.9. The van der Waals surface area contributed by atoms with Crippen molar-refractivity contribution in [3.8, 4) is 0 Å². The van der Waals surface area contributed by atoms with E-state index in [-0.39, 0.29) is 12.0 Å². The van der Waals surface area contributed by atoms with Crippen molar-refractivity contribution < 1.29 is 24.3 Å². The minimum absolute atomic E-state index is 0.220. The van der Waals surface area contributed by atoms with Crippen molar-refractivity contribution in [3.63, 3.8) is 0 Å². The van der Waals surface area contributed by atoms with Gasteiger partial charge >= 0.3 is 5.97 Å². The van der Waals surface area contributed by atoms with Crippen LogP contribution >= 0.6 is 22.6 Å². The molecule has 1 heterocycles. The zero-order valence-electron chi connectivity index (χ0n) is 9.00. The summed E-state index contributed by atoms with van der Waals surface area (Å²) >= 11 is 2.08. The molecule has 1 atom stereocenters. The van der Waals surface area contributed by atoms with Crippen LogP contribution in [0.4, 0.5) is 0 Å². The first-order chi connectivity index (χ1) is 8.49. The molecule has 1 unspecified atom stereocenters. The van der Waals surface area contributed by atoms with E-state index >= 15 is 0 Å². The van der Waals surface area contributed by atoms with Crippen molar-refractivity contribution in [2.45, 2.75) is 12.5 Å². The predicted octanol–water partition coefficient (Wildman–Crippen LogP) is 0.483. The molecule has 1 aliphatic rings. The molecule has 2 amide bonds. The number of benzene rings is 1. The fraction of sp³-hybridized carbons (Fsp3) is 0.182. The SMILES string of the molecule is O=C(ON1C(=O)CC(O)C1=O)c1ccc(I)cc1. The van der Waals surface area contributed by atoms with Gasteiger partial charge in [0.1, 0.15) is 6.10 Å². The van der Waals surface area contributed by atoms with Gasteiger partial charge in [-0.3, -0.25) is 9.59 Å². The second-order valence-corrected chi connectivity index (χ2v) is 4.88. The highest BCUT2D eigenvalue weighted by atomic mass is 127. The van der Waals surface area contributed by atoms with Gasteiger partial charge in [0.25, 0.3) is 11.8 Å². The molecule has 0 aromatic heterocycles. The first-order valence-corrected chi connectivity index (χ1v) is 6.09. The van der Waals surface area contributed by atoms with Crippen LogP contribution in [0.1, 0.15) is 16.8 Å². The van der Waals surface area contributed by atoms with Crippen LogP contribution in [-0.2, 0) is 14.4 Å². The average molecular weight is 361 g/mol. The summed E-state index contributed by atoms with van der Waals surface area (Å²) < 4.78 is 0.938. The Labute approximate surface area is 116 Å². The second-order valence-electron chi connectivity index (χ2n) is 3.63. The van der Waals surface area contributed by atoms with E-state index in [2.05, 4.69) is 27.4 Å². The Bertz CT molecular complexity index is 513. The molecule has 94 valence electrons. The quantitative estimate of drug-likeness (QED) is 0.612. The van der Waals surface area contributed by atoms with Gasteiger partial charge in [0.05, 0.1) is 12.0 Å². The lowest BCUT2D eigenvalue weighted by Gasteiger charge is -2.12. The number of hydrogen-bond acceptors (Lipinski definition) is 5. The van der Waals surface area contributed by atoms with Crippen molar-refractivity contribution in [2.75, 3.05) is 0 Å². The van der Waals surface area contributed by atoms with Crippen molar-refractivity contribution in [1.29, 1.82) is 0 Å². The fourth-order valence-corrected chi connectivity index (χ4v) is 1.77. The average Bonchev–Trinajstić information content (AvgIpc) is 2.57. The van der Waals surface area contributed by atoms with Crippen molar-refractivity contribution >= 4 is 40.4 Å². The molecule has 1 saturated heterocycles. The summed E-state index contributed by atoms with van der Waals surface area (Å²) in [7, 11) is 0. The summed E-state index contributed by atoms with van der Waals surface area (Å²) in [6, 6.07) is 6.43. The second kappa shape index (κ2) is 5.02. The van der Waals surface area contributed by atoms with E-state index in [0.29, 0.717) is 5.06 Å². The minimum atomic E-state index is -1.43. The molecular weight excluding hydrogens is 353 g/mol. The standard InChI is InChI=1S/C11H8INO5/c12-7-3-1-6(2-4-7)11(17)18-13-9(15)5-8(14)10(13)16/h1-4,8,14H,5H2. The molecule has 7 heteroatoms. The fourth-order valence-electron chi connectivity index (χ4n) is 1.41. The van der Waals surface area contributed by atoms with Gasteiger partial charge < -0.3 is 9.94 Å². The number of amides is 2. The molecule has 0 saturated carbocycles. The molecule has 1 aromatic rings. The molecule has 0 spiro atoms. The molecular formula is C11H8INO5. The summed E-state index contributed by atoms with van der Waals surface area (Å²) in [5.41, 5.74) is 0.220. The lowest BCUT2D eigenvalue weighted by atomic mass is 10.2. The van der Waals surface area contributed by atoms with Gasteiger partial charge in [-0.15, -0.1) is 0 Å². The maximum atomic E-state index is 11.7. The Hall–Kier alpha value is -1.48. The summed E-state index contributed by atoms with van der Waals surface area (Å²) in [6.07, 6.45) is -1.79. The van der Waals surface area contributed by atoms with E-state index in [1.54, 1.807) is 12.1 Å². The summed E-state index contributed by atoms with van der Waals surface area (Å²) in [5, 5.41) is 9.46. The topological polar surface area (TPSA) is 83.9 Å². The maximum absolute atomic E-state index is 11.7. The molecule has 0 radical (unpaired) electrons. The molecule has 1 N–H and O–H groups in total. The van der Waals surface area contributed by atoms with Gasteiger partial charge in [-0.1, -0.05) is 5.06 Å². The van der Waals surface area contributed by atoms with E-state index in [0.717, 1.165) is 3.57 Å². The van der Waals surface area contributed by atoms with Gasteiger partial charge in [-0.2, -0.15) is 0 Å². The molecule has 18 heavy (non-hydrogen) atoms. The van der Waals surface area contributed by atoms with Crippen molar-refractivity contribution in [1.82, 2.24) is 5.06 Å². The lowest BCUT2D eigenvalue weighted by Crippen LogP contribution is -2.34. The third-order valence-electron chi connectivity index (χ3n) is 2.33. The van der Waals surface area contributed by atoms with Crippen LogP contribution in [0.2, 0.25) is 0 Å². The first-order valence-electron chi connectivity index (χ1n) is 5.02. The molecule has 0 bridgehead atoms. The Kier molecular flexibility index (Phi) is 3.62. The van der Waals surface area contributed by atoms with Crippen LogP contribution in [0.3, 0.4) is 0 Å². The molecule has 1 fully saturated rings. The normalized spacial score (nSPS) is 19.2. The number of aliphatic hydroxyl groups excluding tert-OH is 1. The van der Waals surface area contributed by atoms with Crippen molar-refractivity contribution in [2.24, 2.45) is 0 Å². The number of hydroxylamine groups is 2. The third kappa shape index (κ3) is 2.51. The van der Waals surface area contributed by atoms with Crippen LogP contribution in [0.15, 0.2) is 24.3 Å².